The molecule has 0 aliphatic heterocycles. The van der Waals surface area contributed by atoms with Gasteiger partial charge in [0.1, 0.15) is 45.8 Å². The molecule has 0 fully saturated rings. The van der Waals surface area contributed by atoms with Crippen molar-refractivity contribution >= 4 is 92.2 Å². The molecule has 0 unspecified atom stereocenters. The molecule has 16 aromatic rings. The number of hydrogen-bond donors (Lipinski definition) is 12. The van der Waals surface area contributed by atoms with E-state index in [4.69, 9.17) is 57.8 Å². The number of nitrogen functional groups attached to an aromatic ring is 4. The predicted molar refractivity (Wildman–Crippen MR) is 509 cm³/mol. The third kappa shape index (κ3) is 20.2. The monoisotopic (exact) mass is 1930 g/mol. The molecular formula is C103H78F7IN16O8. The van der Waals surface area contributed by atoms with Crippen LogP contribution in [0.3, 0.4) is 0 Å². The van der Waals surface area contributed by atoms with E-state index in [1.54, 1.807) is 84.9 Å². The molecule has 4 aliphatic rings. The van der Waals surface area contributed by atoms with Crippen molar-refractivity contribution in [2.75, 3.05) is 44.2 Å². The number of aryl methyl sites for hydroxylation is 8. The van der Waals surface area contributed by atoms with Crippen molar-refractivity contribution in [2.45, 2.75) is 70.6 Å². The van der Waals surface area contributed by atoms with Crippen molar-refractivity contribution in [3.05, 3.63) is 354 Å². The summed E-state index contributed by atoms with van der Waals surface area (Å²) in [5, 5.41) is 49.9. The fourth-order valence-electron chi connectivity index (χ4n) is 16.2. The molecule has 24 nitrogen and oxygen atoms in total. The summed E-state index contributed by atoms with van der Waals surface area (Å²) < 4.78 is 96.7. The zero-order valence-corrected chi connectivity index (χ0v) is 73.4. The molecule has 4 aliphatic carbocycles. The first-order chi connectivity index (χ1) is 65.0. The van der Waals surface area contributed by atoms with Crippen LogP contribution in [0.25, 0.3) is 90.1 Å². The van der Waals surface area contributed by atoms with E-state index in [-0.39, 0.29) is 65.0 Å². The number of anilines is 8. The van der Waals surface area contributed by atoms with E-state index >= 15 is 0 Å². The summed E-state index contributed by atoms with van der Waals surface area (Å²) in [6.45, 7) is 0. The van der Waals surface area contributed by atoms with Crippen LogP contribution in [0.1, 0.15) is 72.1 Å². The highest BCUT2D eigenvalue weighted by atomic mass is 127. The number of phenolic OH excluding ortho intramolecular Hbond substituents is 4. The molecule has 32 heteroatoms. The zero-order chi connectivity index (χ0) is 94.6. The van der Waals surface area contributed by atoms with Gasteiger partial charge in [0.05, 0.1) is 64.8 Å². The van der Waals surface area contributed by atoms with Gasteiger partial charge in [-0.2, -0.15) is 0 Å². The van der Waals surface area contributed by atoms with Crippen LogP contribution in [0.4, 0.5) is 76.8 Å². The molecule has 16 N–H and O–H groups in total. The van der Waals surface area contributed by atoms with Gasteiger partial charge in [0.25, 0.3) is 5.91 Å². The Hall–Kier alpha value is -16.5. The maximum absolute atomic E-state index is 14.1. The number of halogens is 8. The molecule has 0 radical (unpaired) electrons. The lowest BCUT2D eigenvalue weighted by Gasteiger charge is -2.21. The van der Waals surface area contributed by atoms with E-state index in [1.807, 2.05) is 103 Å². The number of rotatable bonds is 15. The minimum absolute atomic E-state index is 0.0209. The smallest absolute Gasteiger partial charge is 0.256 e. The van der Waals surface area contributed by atoms with Gasteiger partial charge in [-0.15, -0.1) is 0 Å². The van der Waals surface area contributed by atoms with Gasteiger partial charge in [-0.1, -0.05) is 60.7 Å². The number of aromatic nitrogens is 8. The predicted octanol–water partition coefficient (Wildman–Crippen LogP) is 19.2. The Morgan fingerprint density at radius 1 is 0.296 bits per heavy atom. The first-order valence-electron chi connectivity index (χ1n) is 42.4. The lowest BCUT2D eigenvalue weighted by Crippen LogP contribution is -2.21. The molecule has 0 saturated carbocycles. The van der Waals surface area contributed by atoms with Gasteiger partial charge in [0.2, 0.25) is 23.5 Å². The molecular weight excluding hydrogens is 1850 g/mol. The molecule has 4 amide bonds. The quantitative estimate of drug-likeness (QED) is 0.0149. The molecule has 0 bridgehead atoms. The van der Waals surface area contributed by atoms with Crippen LogP contribution in [-0.2, 0) is 85.0 Å². The molecule has 20 rings (SSSR count). The fourth-order valence-corrected chi connectivity index (χ4v) is 16.5. The summed E-state index contributed by atoms with van der Waals surface area (Å²) in [7, 11) is 0. The third-order valence-electron chi connectivity index (χ3n) is 22.8. The first-order valence-corrected chi connectivity index (χ1v) is 43.4. The highest BCUT2D eigenvalue weighted by molar-refractivity contribution is 14.1. The average molecular weight is 1930 g/mol. The number of nitrogens with two attached hydrogens (primary N) is 4. The largest absolute Gasteiger partial charge is 0.508 e. The van der Waals surface area contributed by atoms with Crippen LogP contribution in [0.15, 0.2) is 243 Å². The number of aromatic hydroxyl groups is 4. The van der Waals surface area contributed by atoms with Gasteiger partial charge >= 0.3 is 0 Å². The molecule has 0 spiro atoms. The van der Waals surface area contributed by atoms with E-state index < -0.39 is 64.5 Å². The summed E-state index contributed by atoms with van der Waals surface area (Å²) in [4.78, 5) is 89.5. The number of carbonyl (C=O) groups excluding carboxylic acids is 4. The van der Waals surface area contributed by atoms with Gasteiger partial charge in [0, 0.05) is 82.0 Å². The normalized spacial score (nSPS) is 12.1. The molecule has 135 heavy (non-hydrogen) atoms. The van der Waals surface area contributed by atoms with E-state index in [0.29, 0.717) is 112 Å². The summed E-state index contributed by atoms with van der Waals surface area (Å²) in [6, 6.07) is 68.6. The van der Waals surface area contributed by atoms with Crippen molar-refractivity contribution < 1.29 is 70.3 Å². The van der Waals surface area contributed by atoms with Crippen LogP contribution in [0.2, 0.25) is 0 Å². The molecule has 0 saturated heterocycles. The minimum atomic E-state index is -2.31. The molecule has 4 heterocycles. The van der Waals surface area contributed by atoms with Crippen molar-refractivity contribution in [1.29, 1.82) is 0 Å². The van der Waals surface area contributed by atoms with Crippen LogP contribution >= 0.6 is 22.6 Å². The number of phenols is 4. The van der Waals surface area contributed by atoms with Crippen molar-refractivity contribution in [3.8, 4) is 113 Å². The zero-order valence-electron chi connectivity index (χ0n) is 71.2. The average Bonchev–Trinajstić information content (AvgIpc) is 0.780. The van der Waals surface area contributed by atoms with Gasteiger partial charge in [0.15, 0.2) is 58.2 Å². The van der Waals surface area contributed by atoms with Gasteiger partial charge in [-0.05, 0) is 289 Å². The molecule has 4 aromatic heterocycles. The van der Waals surface area contributed by atoms with Crippen LogP contribution < -0.4 is 44.2 Å². The van der Waals surface area contributed by atoms with E-state index in [2.05, 4.69) is 48.8 Å². The SMILES string of the molecule is Nc1ccc2c(c1)CCc1nc(NC(=O)Cc3c(F)c(F)c(F)c(F)c3F)c(-c3ccc(O)cc3)nc1-2.Nc1ccc2c(c1)CCc1nc(NC(=O)Cc3ccc(F)c(F)c3)c(-c3ccc(O)cc3)nc1-2.Nc1ccc2c(c1)CCc1nc(NC(=O)Cc3ccc(I)cc3)c(-c3ccc(O)cc3)nc1-2.Nc1ccc2c(c1)CCc1nc(NC(=O)c3ccccc3)c(-c3ccc(O)cc3)nc1-2. The van der Waals surface area contributed by atoms with Gasteiger partial charge < -0.3 is 64.6 Å². The lowest BCUT2D eigenvalue weighted by atomic mass is 9.91. The summed E-state index contributed by atoms with van der Waals surface area (Å²) >= 11 is 2.24. The Bertz CT molecular complexity index is 7350. The fraction of sp³-hybridized carbons (Fsp3) is 0.107. The second-order valence-electron chi connectivity index (χ2n) is 32.1. The second-order valence-corrected chi connectivity index (χ2v) is 33.4. The summed E-state index contributed by atoms with van der Waals surface area (Å²) in [5.41, 5.74) is 45.2. The number of hydrogen-bond acceptors (Lipinski definition) is 20. The number of amides is 4. The molecule has 0 atom stereocenters. The minimum Gasteiger partial charge on any atom is -0.508 e. The Morgan fingerprint density at radius 3 is 0.919 bits per heavy atom. The van der Waals surface area contributed by atoms with Gasteiger partial charge in [-0.3, -0.25) is 19.2 Å². The number of nitrogens with zero attached hydrogens (tertiary/aromatic N) is 8. The Balaban J connectivity index is 0.000000125. The standard InChI is InChI=1S/C26H17F5N4O2.C26H20F2N4O2.C26H21IN4O2.C25H20N4O2/c27-19-16(20(28)22(30)23(31)21(19)29)10-18(37)34-26-24(11-1-5-14(36)6-2-11)35-25-15-7-4-13(32)9-12(15)3-8-17(25)33-26;27-20-9-1-14(11-21(20)28)12-23(34)31-26-24(15-2-6-18(33)7-3-15)32-25-19-8-5-17(29)13-16(19)4-10-22(25)30-26;27-18-6-1-15(2-7-18)13-23(33)30-26-24(16-3-9-20(32)10-4-16)31-25-21-11-8-19(28)14-17(21)5-12-22(25)29-26;26-18-9-12-20-17(14-18)8-13-21-23(20)28-22(15-6-10-19(30)11-7-15)24(27-21)29-25(31)16-4-2-1-3-5-16/h1-2,4-7,9,36H,3,8,10,32H2,(H,33,34,37);1-3,5-9,11,13,33H,4,10,12,29H2,(H,30,31,34);1-4,6-11,14,32H,5,12-13,28H2,(H,29,30,33);1-7,9-12,14,30H,8,13,26H2,(H,27,29,31). The topological polar surface area (TPSA) is 405 Å². The van der Waals surface area contributed by atoms with Crippen molar-refractivity contribution in [1.82, 2.24) is 39.9 Å². The Morgan fingerprint density at radius 2 is 0.593 bits per heavy atom. The Kier molecular flexibility index (Phi) is 26.0. The second kappa shape index (κ2) is 38.9. The number of carbonyl (C=O) groups is 4. The maximum atomic E-state index is 14.1. The van der Waals surface area contributed by atoms with Crippen molar-refractivity contribution in [2.24, 2.45) is 0 Å². The van der Waals surface area contributed by atoms with Crippen LogP contribution in [-0.4, -0.2) is 83.9 Å². The van der Waals surface area contributed by atoms with E-state index in [0.717, 1.165) is 136 Å². The van der Waals surface area contributed by atoms with E-state index in [9.17, 15) is 70.3 Å². The number of benzene rings is 12. The Labute approximate surface area is 779 Å². The third-order valence-corrected chi connectivity index (χ3v) is 23.5. The summed E-state index contributed by atoms with van der Waals surface area (Å²) in [6.07, 6.45) is 4.42. The molecule has 674 valence electrons. The van der Waals surface area contributed by atoms with Crippen LogP contribution in [0.5, 0.6) is 23.0 Å². The highest BCUT2D eigenvalue weighted by Gasteiger charge is 2.32. The van der Waals surface area contributed by atoms with E-state index in [1.165, 1.54) is 42.5 Å². The van der Waals surface area contributed by atoms with Gasteiger partial charge in [-0.25, -0.2) is 70.6 Å². The number of fused-ring (bicyclic) bond motifs is 12. The molecule has 12 aromatic carbocycles. The van der Waals surface area contributed by atoms with Crippen LogP contribution in [0, 0.1) is 44.3 Å². The maximum Gasteiger partial charge on any atom is 0.256 e. The number of nitrogens with one attached hydrogen (secondary N) is 4. The summed E-state index contributed by atoms with van der Waals surface area (Å²) in [5.74, 6) is -13.2. The van der Waals surface area contributed by atoms with Crippen molar-refractivity contribution in [3.63, 3.8) is 0 Å². The highest BCUT2D eigenvalue weighted by Crippen LogP contribution is 2.43. The lowest BCUT2D eigenvalue weighted by molar-refractivity contribution is -0.116. The first kappa shape index (κ1) is 90.4.